The summed E-state index contributed by atoms with van der Waals surface area (Å²) in [5, 5.41) is 13.5. The van der Waals surface area contributed by atoms with Gasteiger partial charge in [0, 0.05) is 18.8 Å². The SMILES string of the molecule is C[C@@H](OC(=O)c1ccccc1-n1cnnn1)C(=O)Nc1ccc(S(=O)(=O)N2CCCCC2)cc1. The molecule has 0 aliphatic carbocycles. The molecule has 34 heavy (non-hydrogen) atoms. The van der Waals surface area contributed by atoms with Gasteiger partial charge in [0.15, 0.2) is 6.10 Å². The van der Waals surface area contributed by atoms with Gasteiger partial charge in [-0.15, -0.1) is 5.10 Å². The number of esters is 1. The number of para-hydroxylation sites is 1. The maximum Gasteiger partial charge on any atom is 0.341 e. The van der Waals surface area contributed by atoms with E-state index in [-0.39, 0.29) is 10.5 Å². The van der Waals surface area contributed by atoms with Crippen LogP contribution in [0.3, 0.4) is 0 Å². The molecule has 1 amide bonds. The lowest BCUT2D eigenvalue weighted by Gasteiger charge is -2.25. The summed E-state index contributed by atoms with van der Waals surface area (Å²) < 4.78 is 33.7. The van der Waals surface area contributed by atoms with Crippen molar-refractivity contribution >= 4 is 27.6 Å². The molecule has 2 heterocycles. The molecule has 0 bridgehead atoms. The van der Waals surface area contributed by atoms with Gasteiger partial charge in [0.25, 0.3) is 5.91 Å². The lowest BCUT2D eigenvalue weighted by molar-refractivity contribution is -0.123. The fourth-order valence-electron chi connectivity index (χ4n) is 3.60. The summed E-state index contributed by atoms with van der Waals surface area (Å²) in [6, 6.07) is 12.5. The van der Waals surface area contributed by atoms with Gasteiger partial charge in [0.1, 0.15) is 6.33 Å². The monoisotopic (exact) mass is 484 g/mol. The highest BCUT2D eigenvalue weighted by atomic mass is 32.2. The maximum absolute atomic E-state index is 12.8. The topological polar surface area (TPSA) is 136 Å². The van der Waals surface area contributed by atoms with Gasteiger partial charge in [-0.3, -0.25) is 4.79 Å². The molecule has 1 atom stereocenters. The van der Waals surface area contributed by atoms with Crippen molar-refractivity contribution in [3.05, 3.63) is 60.4 Å². The lowest BCUT2D eigenvalue weighted by Crippen LogP contribution is -2.35. The molecule has 12 heteroatoms. The highest BCUT2D eigenvalue weighted by Crippen LogP contribution is 2.22. The van der Waals surface area contributed by atoms with Crippen LogP contribution in [0.4, 0.5) is 5.69 Å². The molecule has 11 nitrogen and oxygen atoms in total. The third-order valence-corrected chi connectivity index (χ3v) is 7.36. The summed E-state index contributed by atoms with van der Waals surface area (Å²) in [7, 11) is -3.56. The molecule has 1 N–H and O–H groups in total. The van der Waals surface area contributed by atoms with E-state index in [2.05, 4.69) is 20.8 Å². The van der Waals surface area contributed by atoms with Gasteiger partial charge in [0.05, 0.1) is 16.1 Å². The first-order chi connectivity index (χ1) is 16.4. The Morgan fingerprint density at radius 2 is 1.74 bits per heavy atom. The molecule has 1 saturated heterocycles. The third kappa shape index (κ3) is 5.13. The van der Waals surface area contributed by atoms with Crippen LogP contribution in [0.2, 0.25) is 0 Å². The fourth-order valence-corrected chi connectivity index (χ4v) is 5.12. The number of amides is 1. The van der Waals surface area contributed by atoms with Gasteiger partial charge in [-0.05, 0) is 66.6 Å². The molecule has 1 aromatic heterocycles. The van der Waals surface area contributed by atoms with Crippen LogP contribution >= 0.6 is 0 Å². The molecular formula is C22H24N6O5S. The number of tetrazole rings is 1. The van der Waals surface area contributed by atoms with E-state index in [1.807, 2.05) is 0 Å². The van der Waals surface area contributed by atoms with Crippen LogP contribution in [-0.2, 0) is 19.6 Å². The van der Waals surface area contributed by atoms with Crippen molar-refractivity contribution in [2.75, 3.05) is 18.4 Å². The van der Waals surface area contributed by atoms with Gasteiger partial charge in [-0.25, -0.2) is 13.2 Å². The summed E-state index contributed by atoms with van der Waals surface area (Å²) in [6.07, 6.45) is 2.97. The number of sulfonamides is 1. The Morgan fingerprint density at radius 1 is 1.03 bits per heavy atom. The van der Waals surface area contributed by atoms with E-state index < -0.39 is 28.0 Å². The quantitative estimate of drug-likeness (QED) is 0.503. The fraction of sp³-hybridized carbons (Fsp3) is 0.318. The molecule has 2 aromatic carbocycles. The normalized spacial score (nSPS) is 15.4. The van der Waals surface area contributed by atoms with Crippen molar-refractivity contribution in [2.45, 2.75) is 37.2 Å². The molecule has 178 valence electrons. The second kappa shape index (κ2) is 10.1. The summed E-state index contributed by atoms with van der Waals surface area (Å²) in [5.41, 5.74) is 0.997. The van der Waals surface area contributed by atoms with Crippen LogP contribution in [0, 0.1) is 0 Å². The van der Waals surface area contributed by atoms with Gasteiger partial charge < -0.3 is 10.1 Å². The Bertz CT molecular complexity index is 1260. The van der Waals surface area contributed by atoms with E-state index in [1.165, 1.54) is 46.5 Å². The van der Waals surface area contributed by atoms with Gasteiger partial charge in [-0.1, -0.05) is 18.6 Å². The number of piperidine rings is 1. The lowest BCUT2D eigenvalue weighted by atomic mass is 10.2. The molecule has 4 rings (SSSR count). The average molecular weight is 485 g/mol. The molecule has 3 aromatic rings. The smallest absolute Gasteiger partial charge is 0.341 e. The second-order valence-corrected chi connectivity index (χ2v) is 9.74. The van der Waals surface area contributed by atoms with Crippen LogP contribution < -0.4 is 5.32 Å². The number of carbonyl (C=O) groups excluding carboxylic acids is 2. The zero-order valence-electron chi connectivity index (χ0n) is 18.5. The zero-order chi connectivity index (χ0) is 24.1. The summed E-state index contributed by atoms with van der Waals surface area (Å²) in [4.78, 5) is 25.4. The predicted molar refractivity (Wildman–Crippen MR) is 122 cm³/mol. The molecule has 1 aliphatic heterocycles. The number of hydrogen-bond acceptors (Lipinski definition) is 8. The zero-order valence-corrected chi connectivity index (χ0v) is 19.3. The standard InChI is InChI=1S/C22H24N6O5S/c1-16(33-22(30)19-7-3-4-8-20(19)28-15-23-25-26-28)21(29)24-17-9-11-18(12-10-17)34(31,32)27-13-5-2-6-14-27/h3-4,7-12,15-16H,2,5-6,13-14H2,1H3,(H,24,29)/t16-/m1/s1. The number of nitrogens with zero attached hydrogens (tertiary/aromatic N) is 5. The van der Waals surface area contributed by atoms with Crippen LogP contribution in [0.25, 0.3) is 5.69 Å². The van der Waals surface area contributed by atoms with Crippen LogP contribution in [0.5, 0.6) is 0 Å². The van der Waals surface area contributed by atoms with Gasteiger partial charge in [-0.2, -0.15) is 8.99 Å². The first kappa shape index (κ1) is 23.5. The Balaban J connectivity index is 1.39. The predicted octanol–water partition coefficient (Wildman–Crippen LogP) is 2.02. The summed E-state index contributed by atoms with van der Waals surface area (Å²) in [5.74, 6) is -1.27. The Hall–Kier alpha value is -3.64. The summed E-state index contributed by atoms with van der Waals surface area (Å²) in [6.45, 7) is 2.47. The number of ether oxygens (including phenoxy) is 1. The van der Waals surface area contributed by atoms with E-state index in [1.54, 1.807) is 24.3 Å². The third-order valence-electron chi connectivity index (χ3n) is 5.45. The van der Waals surface area contributed by atoms with E-state index in [4.69, 9.17) is 4.74 Å². The number of nitrogens with one attached hydrogen (secondary N) is 1. The first-order valence-corrected chi connectivity index (χ1v) is 12.2. The largest absolute Gasteiger partial charge is 0.449 e. The minimum Gasteiger partial charge on any atom is -0.449 e. The van der Waals surface area contributed by atoms with E-state index in [0.717, 1.165) is 19.3 Å². The van der Waals surface area contributed by atoms with Gasteiger partial charge >= 0.3 is 5.97 Å². The summed E-state index contributed by atoms with van der Waals surface area (Å²) >= 11 is 0. The minimum atomic E-state index is -3.56. The van der Waals surface area contributed by atoms with Crippen LogP contribution in [0.1, 0.15) is 36.5 Å². The average Bonchev–Trinajstić information content (AvgIpc) is 3.40. The second-order valence-electron chi connectivity index (χ2n) is 7.80. The number of carbonyl (C=O) groups is 2. The minimum absolute atomic E-state index is 0.172. The van der Waals surface area contributed by atoms with Crippen molar-refractivity contribution in [3.8, 4) is 5.69 Å². The number of hydrogen-bond donors (Lipinski definition) is 1. The maximum atomic E-state index is 12.8. The number of aromatic nitrogens is 4. The Morgan fingerprint density at radius 3 is 2.41 bits per heavy atom. The molecule has 0 radical (unpaired) electrons. The van der Waals surface area contributed by atoms with Crippen LogP contribution in [-0.4, -0.2) is 64.0 Å². The molecule has 1 aliphatic rings. The molecule has 1 fully saturated rings. The van der Waals surface area contributed by atoms with Crippen molar-refractivity contribution in [3.63, 3.8) is 0 Å². The molecule has 0 unspecified atom stereocenters. The molecule has 0 saturated carbocycles. The number of rotatable bonds is 7. The van der Waals surface area contributed by atoms with Crippen molar-refractivity contribution in [1.82, 2.24) is 24.5 Å². The first-order valence-electron chi connectivity index (χ1n) is 10.8. The van der Waals surface area contributed by atoms with Crippen LogP contribution in [0.15, 0.2) is 59.8 Å². The van der Waals surface area contributed by atoms with Crippen molar-refractivity contribution in [1.29, 1.82) is 0 Å². The molecular weight excluding hydrogens is 460 g/mol. The van der Waals surface area contributed by atoms with Crippen molar-refractivity contribution in [2.24, 2.45) is 0 Å². The Labute approximate surface area is 196 Å². The highest BCUT2D eigenvalue weighted by Gasteiger charge is 2.26. The van der Waals surface area contributed by atoms with Gasteiger partial charge in [0.2, 0.25) is 10.0 Å². The van der Waals surface area contributed by atoms with E-state index in [0.29, 0.717) is 24.5 Å². The number of benzene rings is 2. The van der Waals surface area contributed by atoms with E-state index in [9.17, 15) is 18.0 Å². The molecule has 0 spiro atoms. The number of anilines is 1. The Kier molecular flexibility index (Phi) is 6.98. The van der Waals surface area contributed by atoms with Crippen molar-refractivity contribution < 1.29 is 22.7 Å². The van der Waals surface area contributed by atoms with E-state index >= 15 is 0 Å². The highest BCUT2D eigenvalue weighted by molar-refractivity contribution is 7.89.